The van der Waals surface area contributed by atoms with E-state index in [0.29, 0.717) is 0 Å². The maximum absolute atomic E-state index is 11.5. The van der Waals surface area contributed by atoms with Gasteiger partial charge in [-0.3, -0.25) is 0 Å². The molecule has 1 atom stereocenters. The summed E-state index contributed by atoms with van der Waals surface area (Å²) in [5.74, 6) is -1.000. The van der Waals surface area contributed by atoms with Crippen LogP contribution in [0.25, 0.3) is 0 Å². The predicted molar refractivity (Wildman–Crippen MR) is 67.8 cm³/mol. The zero-order valence-corrected chi connectivity index (χ0v) is 11.5. The molecule has 0 fully saturated rings. The number of carbonyl (C=O) groups excluding carboxylic acids is 1. The number of halogens is 1. The number of aliphatic hydroxyl groups is 1. The average Bonchev–Trinajstić information content (AvgIpc) is 2.38. The van der Waals surface area contributed by atoms with Gasteiger partial charge in [-0.1, -0.05) is 11.6 Å². The van der Waals surface area contributed by atoms with Crippen LogP contribution in [0.2, 0.25) is 5.02 Å². The van der Waals surface area contributed by atoms with E-state index in [1.165, 1.54) is 20.3 Å². The summed E-state index contributed by atoms with van der Waals surface area (Å²) in [6.45, 7) is 1.70. The van der Waals surface area contributed by atoms with Gasteiger partial charge >= 0.3 is 5.97 Å². The number of aromatic hydroxyl groups is 1. The second-order valence-electron chi connectivity index (χ2n) is 3.51. The highest BCUT2D eigenvalue weighted by Crippen LogP contribution is 2.45. The number of methoxy groups -OCH3 is 2. The number of phenols is 1. The standard InChI is InChI=1S/C12H15ClO6/c1-4-19-12(16)10(15)8-6(14)5-7(17-2)11(18-3)9(8)13/h5,10,14-15H,4H2,1-3H3. The molecule has 1 rings (SSSR count). The number of carbonyl (C=O) groups is 1. The summed E-state index contributed by atoms with van der Waals surface area (Å²) in [6.07, 6.45) is -1.70. The van der Waals surface area contributed by atoms with Crippen LogP contribution in [0, 0.1) is 0 Å². The molecule has 1 aromatic carbocycles. The van der Waals surface area contributed by atoms with E-state index in [0.717, 1.165) is 0 Å². The van der Waals surface area contributed by atoms with Crippen molar-refractivity contribution in [3.05, 3.63) is 16.7 Å². The highest BCUT2D eigenvalue weighted by atomic mass is 35.5. The van der Waals surface area contributed by atoms with Crippen molar-refractivity contribution < 1.29 is 29.2 Å². The van der Waals surface area contributed by atoms with Gasteiger partial charge in [0.2, 0.25) is 0 Å². The topological polar surface area (TPSA) is 85.2 Å². The average molecular weight is 291 g/mol. The number of esters is 1. The lowest BCUT2D eigenvalue weighted by molar-refractivity contribution is -0.153. The fourth-order valence-corrected chi connectivity index (χ4v) is 1.92. The van der Waals surface area contributed by atoms with Crippen LogP contribution in [-0.4, -0.2) is 37.0 Å². The minimum absolute atomic E-state index is 0.0988. The van der Waals surface area contributed by atoms with Crippen molar-refractivity contribution in [2.75, 3.05) is 20.8 Å². The van der Waals surface area contributed by atoms with Crippen LogP contribution >= 0.6 is 11.6 Å². The van der Waals surface area contributed by atoms with Gasteiger partial charge in [-0.15, -0.1) is 0 Å². The highest BCUT2D eigenvalue weighted by molar-refractivity contribution is 6.33. The van der Waals surface area contributed by atoms with Gasteiger partial charge < -0.3 is 24.4 Å². The number of phenolic OH excluding ortho intramolecular Hbond substituents is 1. The van der Waals surface area contributed by atoms with E-state index in [1.807, 2.05) is 0 Å². The van der Waals surface area contributed by atoms with E-state index in [9.17, 15) is 15.0 Å². The van der Waals surface area contributed by atoms with Crippen LogP contribution in [-0.2, 0) is 9.53 Å². The molecule has 2 N–H and O–H groups in total. The summed E-state index contributed by atoms with van der Waals surface area (Å²) in [5, 5.41) is 19.6. The second kappa shape index (κ2) is 6.49. The third-order valence-electron chi connectivity index (χ3n) is 2.41. The van der Waals surface area contributed by atoms with Crippen LogP contribution in [0.4, 0.5) is 0 Å². The Balaban J connectivity index is 3.32. The Morgan fingerprint density at radius 3 is 2.53 bits per heavy atom. The number of hydrogen-bond donors (Lipinski definition) is 2. The van der Waals surface area contributed by atoms with Crippen molar-refractivity contribution in [2.24, 2.45) is 0 Å². The van der Waals surface area contributed by atoms with E-state index < -0.39 is 12.1 Å². The smallest absolute Gasteiger partial charge is 0.339 e. The van der Waals surface area contributed by atoms with Gasteiger partial charge in [0, 0.05) is 6.07 Å². The number of rotatable bonds is 5. The van der Waals surface area contributed by atoms with Gasteiger partial charge in [-0.05, 0) is 6.92 Å². The zero-order chi connectivity index (χ0) is 14.6. The van der Waals surface area contributed by atoms with Crippen molar-refractivity contribution in [2.45, 2.75) is 13.0 Å². The van der Waals surface area contributed by atoms with Crippen LogP contribution < -0.4 is 9.47 Å². The van der Waals surface area contributed by atoms with Gasteiger partial charge in [0.25, 0.3) is 0 Å². The molecule has 0 saturated heterocycles. The fourth-order valence-electron chi connectivity index (χ4n) is 1.55. The lowest BCUT2D eigenvalue weighted by Gasteiger charge is -2.17. The largest absolute Gasteiger partial charge is 0.507 e. The molecule has 0 aliphatic rings. The quantitative estimate of drug-likeness (QED) is 0.802. The van der Waals surface area contributed by atoms with Crippen molar-refractivity contribution >= 4 is 17.6 Å². The molecule has 0 radical (unpaired) electrons. The third kappa shape index (κ3) is 3.02. The molecule has 106 valence electrons. The molecule has 7 heteroatoms. The molecule has 0 aliphatic carbocycles. The lowest BCUT2D eigenvalue weighted by Crippen LogP contribution is -2.16. The molecule has 6 nitrogen and oxygen atoms in total. The van der Waals surface area contributed by atoms with E-state index in [1.54, 1.807) is 6.92 Å². The summed E-state index contributed by atoms with van der Waals surface area (Å²) in [4.78, 5) is 11.5. The minimum Gasteiger partial charge on any atom is -0.507 e. The molecule has 0 aromatic heterocycles. The molecule has 19 heavy (non-hydrogen) atoms. The SMILES string of the molecule is CCOC(=O)C(O)c1c(O)cc(OC)c(OC)c1Cl. The molecule has 0 saturated carbocycles. The highest BCUT2D eigenvalue weighted by Gasteiger charge is 2.28. The first-order chi connectivity index (χ1) is 8.97. The summed E-state index contributed by atoms with van der Waals surface area (Å²) in [7, 11) is 2.72. The summed E-state index contributed by atoms with van der Waals surface area (Å²) < 4.78 is 14.7. The monoisotopic (exact) mass is 290 g/mol. The van der Waals surface area contributed by atoms with Gasteiger partial charge in [-0.25, -0.2) is 4.79 Å². The lowest BCUT2D eigenvalue weighted by atomic mass is 10.1. The molecular weight excluding hydrogens is 276 g/mol. The van der Waals surface area contributed by atoms with E-state index in [-0.39, 0.29) is 34.4 Å². The number of ether oxygens (including phenoxy) is 3. The third-order valence-corrected chi connectivity index (χ3v) is 2.79. The molecule has 0 spiro atoms. The van der Waals surface area contributed by atoms with Gasteiger partial charge in [0.15, 0.2) is 17.6 Å². The van der Waals surface area contributed by atoms with Gasteiger partial charge in [-0.2, -0.15) is 0 Å². The first-order valence-electron chi connectivity index (χ1n) is 5.45. The van der Waals surface area contributed by atoms with E-state index in [4.69, 9.17) is 21.1 Å². The Morgan fingerprint density at radius 2 is 2.05 bits per heavy atom. The van der Waals surface area contributed by atoms with Crippen LogP contribution in [0.15, 0.2) is 6.07 Å². The number of aliphatic hydroxyl groups excluding tert-OH is 1. The van der Waals surface area contributed by atoms with Crippen LogP contribution in [0.1, 0.15) is 18.6 Å². The van der Waals surface area contributed by atoms with Crippen LogP contribution in [0.3, 0.4) is 0 Å². The van der Waals surface area contributed by atoms with Crippen molar-refractivity contribution in [1.82, 2.24) is 0 Å². The van der Waals surface area contributed by atoms with E-state index in [2.05, 4.69) is 4.74 Å². The van der Waals surface area contributed by atoms with E-state index >= 15 is 0 Å². The number of benzene rings is 1. The van der Waals surface area contributed by atoms with Crippen LogP contribution in [0.5, 0.6) is 17.2 Å². The zero-order valence-electron chi connectivity index (χ0n) is 10.8. The number of hydrogen-bond acceptors (Lipinski definition) is 6. The van der Waals surface area contributed by atoms with Gasteiger partial charge in [0.1, 0.15) is 5.75 Å². The second-order valence-corrected chi connectivity index (χ2v) is 3.89. The summed E-state index contributed by atoms with van der Waals surface area (Å²) in [5.41, 5.74) is -0.183. The summed E-state index contributed by atoms with van der Waals surface area (Å²) >= 11 is 6.00. The van der Waals surface area contributed by atoms with Gasteiger partial charge in [0.05, 0.1) is 31.4 Å². The minimum atomic E-state index is -1.70. The molecule has 0 amide bonds. The van der Waals surface area contributed by atoms with Crippen molar-refractivity contribution in [3.8, 4) is 17.2 Å². The Labute approximate surface area is 115 Å². The van der Waals surface area contributed by atoms with Crippen molar-refractivity contribution in [3.63, 3.8) is 0 Å². The normalized spacial score (nSPS) is 11.8. The molecule has 1 aromatic rings. The summed E-state index contributed by atoms with van der Waals surface area (Å²) in [6, 6.07) is 1.20. The molecule has 0 aliphatic heterocycles. The maximum atomic E-state index is 11.5. The maximum Gasteiger partial charge on any atom is 0.339 e. The molecule has 0 heterocycles. The fraction of sp³-hybridized carbons (Fsp3) is 0.417. The van der Waals surface area contributed by atoms with Crippen molar-refractivity contribution in [1.29, 1.82) is 0 Å². The Kier molecular flexibility index (Phi) is 5.26. The molecule has 1 unspecified atom stereocenters. The Hall–Kier alpha value is -1.66. The Morgan fingerprint density at radius 1 is 1.42 bits per heavy atom. The predicted octanol–water partition coefficient (Wildman–Crippen LogP) is 1.66. The molecule has 0 bridgehead atoms. The molecular formula is C12H15ClO6. The first kappa shape index (κ1) is 15.4. The Bertz CT molecular complexity index is 474. The first-order valence-corrected chi connectivity index (χ1v) is 5.83.